The van der Waals surface area contributed by atoms with Gasteiger partial charge in [0, 0.05) is 30.0 Å². The molecule has 1 fully saturated rings. The van der Waals surface area contributed by atoms with Gasteiger partial charge < -0.3 is 15.0 Å². The number of nitrogens with zero attached hydrogens (tertiary/aromatic N) is 4. The standard InChI is InChI=1S/C25H33N5/c1-28-13-11-22(12-14-28)29(2)17-23-25(27-24-10-9-21(26)16-30(23)24)20-8-7-18-5-3-4-6-19(18)15-20/h7-10,15-16,22H,3-6,11-14,17,26H2,1-2H3. The Balaban J connectivity index is 1.53. The fraction of sp³-hybridized carbons (Fsp3) is 0.480. The summed E-state index contributed by atoms with van der Waals surface area (Å²) in [5.74, 6) is 0. The highest BCUT2D eigenvalue weighted by atomic mass is 15.2. The maximum absolute atomic E-state index is 6.15. The second-order valence-corrected chi connectivity index (χ2v) is 9.24. The summed E-state index contributed by atoms with van der Waals surface area (Å²) in [5, 5.41) is 0. The zero-order valence-electron chi connectivity index (χ0n) is 18.3. The van der Waals surface area contributed by atoms with E-state index in [-0.39, 0.29) is 0 Å². The van der Waals surface area contributed by atoms with E-state index >= 15 is 0 Å². The van der Waals surface area contributed by atoms with Crippen molar-refractivity contribution < 1.29 is 0 Å². The number of nitrogens with two attached hydrogens (primary N) is 1. The third-order valence-corrected chi connectivity index (χ3v) is 7.07. The number of rotatable bonds is 4. The van der Waals surface area contributed by atoms with Crippen molar-refractivity contribution in [1.29, 1.82) is 0 Å². The first kappa shape index (κ1) is 19.6. The molecule has 2 aliphatic rings. The molecule has 0 saturated carbocycles. The van der Waals surface area contributed by atoms with Crippen LogP contribution >= 0.6 is 0 Å². The van der Waals surface area contributed by atoms with Crippen molar-refractivity contribution in [3.05, 3.63) is 53.3 Å². The molecule has 0 radical (unpaired) electrons. The molecule has 5 heteroatoms. The third kappa shape index (κ3) is 3.72. The van der Waals surface area contributed by atoms with E-state index in [2.05, 4.69) is 46.5 Å². The van der Waals surface area contributed by atoms with Gasteiger partial charge in [0.15, 0.2) is 0 Å². The quantitative estimate of drug-likeness (QED) is 0.716. The Morgan fingerprint density at radius 1 is 1.07 bits per heavy atom. The number of imidazole rings is 1. The Hall–Kier alpha value is -2.37. The average molecular weight is 404 g/mol. The fourth-order valence-electron chi connectivity index (χ4n) is 5.17. The van der Waals surface area contributed by atoms with Crippen LogP contribution in [0.2, 0.25) is 0 Å². The molecule has 0 unspecified atom stereocenters. The molecule has 158 valence electrons. The predicted molar refractivity (Wildman–Crippen MR) is 124 cm³/mol. The molecule has 0 spiro atoms. The number of fused-ring (bicyclic) bond motifs is 2. The van der Waals surface area contributed by atoms with E-state index in [1.165, 1.54) is 74.0 Å². The van der Waals surface area contributed by atoms with Gasteiger partial charge in [-0.2, -0.15) is 0 Å². The first-order valence-corrected chi connectivity index (χ1v) is 11.4. The van der Waals surface area contributed by atoms with Crippen molar-refractivity contribution in [3.63, 3.8) is 0 Å². The highest BCUT2D eigenvalue weighted by molar-refractivity contribution is 5.68. The van der Waals surface area contributed by atoms with Gasteiger partial charge in [-0.25, -0.2) is 4.98 Å². The third-order valence-electron chi connectivity index (χ3n) is 7.07. The van der Waals surface area contributed by atoms with Gasteiger partial charge in [-0.3, -0.25) is 4.90 Å². The van der Waals surface area contributed by atoms with E-state index < -0.39 is 0 Å². The van der Waals surface area contributed by atoms with Crippen LogP contribution in [0.25, 0.3) is 16.9 Å². The number of anilines is 1. The van der Waals surface area contributed by atoms with Crippen molar-refractivity contribution in [2.45, 2.75) is 51.1 Å². The molecular weight excluding hydrogens is 370 g/mol. The van der Waals surface area contributed by atoms with Crippen LogP contribution in [-0.2, 0) is 19.4 Å². The Morgan fingerprint density at radius 3 is 2.63 bits per heavy atom. The maximum atomic E-state index is 6.15. The Labute approximate surface area is 179 Å². The molecular formula is C25H33N5. The van der Waals surface area contributed by atoms with E-state index in [1.54, 1.807) is 0 Å². The lowest BCUT2D eigenvalue weighted by atomic mass is 9.89. The minimum absolute atomic E-state index is 0.615. The Kier molecular flexibility index (Phi) is 5.25. The van der Waals surface area contributed by atoms with Crippen molar-refractivity contribution in [2.75, 3.05) is 32.9 Å². The molecule has 5 rings (SSSR count). The predicted octanol–water partition coefficient (Wildman–Crippen LogP) is 3.99. The van der Waals surface area contributed by atoms with E-state index in [0.29, 0.717) is 6.04 Å². The number of hydrogen-bond acceptors (Lipinski definition) is 4. The summed E-state index contributed by atoms with van der Waals surface area (Å²) in [6.07, 6.45) is 9.48. The number of piperidine rings is 1. The number of benzene rings is 1. The number of likely N-dealkylation sites (tertiary alicyclic amines) is 1. The normalized spacial score (nSPS) is 18.2. The lowest BCUT2D eigenvalue weighted by Gasteiger charge is -2.35. The van der Waals surface area contributed by atoms with Crippen LogP contribution < -0.4 is 5.73 Å². The molecule has 3 aromatic rings. The fourth-order valence-corrected chi connectivity index (χ4v) is 5.17. The average Bonchev–Trinajstić information content (AvgIpc) is 3.11. The molecule has 1 aliphatic carbocycles. The van der Waals surface area contributed by atoms with Crippen molar-refractivity contribution in [2.24, 2.45) is 0 Å². The van der Waals surface area contributed by atoms with Crippen LogP contribution in [-0.4, -0.2) is 52.4 Å². The summed E-state index contributed by atoms with van der Waals surface area (Å²) in [5.41, 5.74) is 14.5. The number of aromatic nitrogens is 2. The summed E-state index contributed by atoms with van der Waals surface area (Å²) in [7, 11) is 4.48. The van der Waals surface area contributed by atoms with Gasteiger partial charge in [0.1, 0.15) is 5.65 Å². The molecule has 0 amide bonds. The van der Waals surface area contributed by atoms with Crippen molar-refractivity contribution in [3.8, 4) is 11.3 Å². The molecule has 0 bridgehead atoms. The Morgan fingerprint density at radius 2 is 1.83 bits per heavy atom. The van der Waals surface area contributed by atoms with E-state index in [9.17, 15) is 0 Å². The number of aryl methyl sites for hydroxylation is 2. The molecule has 2 N–H and O–H groups in total. The number of pyridine rings is 1. The number of nitrogen functional groups attached to an aromatic ring is 1. The van der Waals surface area contributed by atoms with E-state index in [4.69, 9.17) is 10.7 Å². The first-order valence-electron chi connectivity index (χ1n) is 11.4. The molecule has 3 heterocycles. The van der Waals surface area contributed by atoms with Crippen LogP contribution in [0.15, 0.2) is 36.5 Å². The first-order chi connectivity index (χ1) is 14.6. The van der Waals surface area contributed by atoms with E-state index in [0.717, 1.165) is 23.6 Å². The van der Waals surface area contributed by atoms with Crippen LogP contribution in [0.5, 0.6) is 0 Å². The minimum atomic E-state index is 0.615. The second-order valence-electron chi connectivity index (χ2n) is 9.24. The van der Waals surface area contributed by atoms with Gasteiger partial charge in [-0.1, -0.05) is 12.1 Å². The van der Waals surface area contributed by atoms with Gasteiger partial charge in [-0.15, -0.1) is 0 Å². The molecule has 2 aromatic heterocycles. The number of hydrogen-bond donors (Lipinski definition) is 1. The molecule has 1 saturated heterocycles. The van der Waals surface area contributed by atoms with Gasteiger partial charge in [-0.05, 0) is 95.0 Å². The van der Waals surface area contributed by atoms with E-state index in [1.807, 2.05) is 18.3 Å². The lowest BCUT2D eigenvalue weighted by molar-refractivity contribution is 0.138. The van der Waals surface area contributed by atoms with Gasteiger partial charge in [0.05, 0.1) is 11.4 Å². The smallest absolute Gasteiger partial charge is 0.137 e. The van der Waals surface area contributed by atoms with Gasteiger partial charge in [0.25, 0.3) is 0 Å². The highest BCUT2D eigenvalue weighted by Gasteiger charge is 2.24. The minimum Gasteiger partial charge on any atom is -0.398 e. The van der Waals surface area contributed by atoms with Crippen LogP contribution in [0.4, 0.5) is 5.69 Å². The highest BCUT2D eigenvalue weighted by Crippen LogP contribution is 2.31. The SMILES string of the molecule is CN1CCC(N(C)Cc2c(-c3ccc4c(c3)CCCC4)nc3ccc(N)cn23)CC1. The summed E-state index contributed by atoms with van der Waals surface area (Å²) >= 11 is 0. The van der Waals surface area contributed by atoms with Gasteiger partial charge >= 0.3 is 0 Å². The Bertz CT molecular complexity index is 1050. The van der Waals surface area contributed by atoms with Crippen molar-refractivity contribution in [1.82, 2.24) is 19.2 Å². The summed E-state index contributed by atoms with van der Waals surface area (Å²) in [6, 6.07) is 11.6. The zero-order valence-corrected chi connectivity index (χ0v) is 18.3. The molecule has 1 aromatic carbocycles. The molecule has 0 atom stereocenters. The van der Waals surface area contributed by atoms with Crippen molar-refractivity contribution >= 4 is 11.3 Å². The molecule has 5 nitrogen and oxygen atoms in total. The van der Waals surface area contributed by atoms with Gasteiger partial charge in [0.2, 0.25) is 0 Å². The van der Waals surface area contributed by atoms with Crippen LogP contribution in [0, 0.1) is 0 Å². The molecule has 30 heavy (non-hydrogen) atoms. The zero-order chi connectivity index (χ0) is 20.7. The topological polar surface area (TPSA) is 49.8 Å². The maximum Gasteiger partial charge on any atom is 0.137 e. The van der Waals surface area contributed by atoms with Crippen LogP contribution in [0.1, 0.15) is 42.5 Å². The second kappa shape index (κ2) is 8.05. The largest absolute Gasteiger partial charge is 0.398 e. The monoisotopic (exact) mass is 403 g/mol. The summed E-state index contributed by atoms with van der Waals surface area (Å²) in [6.45, 7) is 3.23. The molecule has 1 aliphatic heterocycles. The van der Waals surface area contributed by atoms with Crippen LogP contribution in [0.3, 0.4) is 0 Å². The lowest BCUT2D eigenvalue weighted by Crippen LogP contribution is -2.41. The summed E-state index contributed by atoms with van der Waals surface area (Å²) in [4.78, 5) is 10.00. The summed E-state index contributed by atoms with van der Waals surface area (Å²) < 4.78 is 2.20.